The highest BCUT2D eigenvalue weighted by molar-refractivity contribution is 5.90. The van der Waals surface area contributed by atoms with E-state index in [-0.39, 0.29) is 29.8 Å². The maximum absolute atomic E-state index is 12.7. The number of hydrogen-bond acceptors (Lipinski definition) is 4. The minimum absolute atomic E-state index is 0.00340. The third-order valence-corrected chi connectivity index (χ3v) is 5.62. The van der Waals surface area contributed by atoms with Crippen LogP contribution < -0.4 is 10.9 Å². The molecule has 2 saturated heterocycles. The summed E-state index contributed by atoms with van der Waals surface area (Å²) in [5.74, 6) is -0.500. The van der Waals surface area contributed by atoms with Crippen LogP contribution in [0.3, 0.4) is 0 Å². The van der Waals surface area contributed by atoms with Gasteiger partial charge in [0.1, 0.15) is 12.6 Å². The second-order valence-electron chi connectivity index (χ2n) is 7.37. The number of benzene rings is 1. The molecule has 3 aliphatic rings. The maximum Gasteiger partial charge on any atom is 0.345 e. The van der Waals surface area contributed by atoms with E-state index in [0.717, 1.165) is 24.8 Å². The molecule has 8 nitrogen and oxygen atoms in total. The fraction of sp³-hybridized carbons (Fsp3) is 0.526. The van der Waals surface area contributed by atoms with Gasteiger partial charge in [-0.15, -0.1) is 0 Å². The maximum atomic E-state index is 12.7. The number of nitrogens with one attached hydrogen (secondary N) is 2. The Morgan fingerprint density at radius 3 is 2.48 bits per heavy atom. The first-order chi connectivity index (χ1) is 13.1. The van der Waals surface area contributed by atoms with Gasteiger partial charge in [0.2, 0.25) is 5.91 Å². The second-order valence-corrected chi connectivity index (χ2v) is 7.37. The van der Waals surface area contributed by atoms with Gasteiger partial charge in [-0.2, -0.15) is 5.06 Å². The van der Waals surface area contributed by atoms with E-state index in [1.807, 2.05) is 30.3 Å². The molecule has 3 fully saturated rings. The van der Waals surface area contributed by atoms with E-state index in [1.165, 1.54) is 9.96 Å². The van der Waals surface area contributed by atoms with E-state index in [2.05, 4.69) is 10.9 Å². The summed E-state index contributed by atoms with van der Waals surface area (Å²) in [5, 5.41) is 1.40. The van der Waals surface area contributed by atoms with Crippen molar-refractivity contribution in [3.8, 4) is 0 Å². The average molecular weight is 372 g/mol. The molecule has 2 heterocycles. The van der Waals surface area contributed by atoms with Crippen molar-refractivity contribution in [2.75, 3.05) is 6.54 Å². The molecule has 2 bridgehead atoms. The number of amides is 4. The third-order valence-electron chi connectivity index (χ3n) is 5.62. The molecular formula is C19H24N4O4. The van der Waals surface area contributed by atoms with Crippen molar-refractivity contribution in [1.29, 1.82) is 0 Å². The Bertz CT molecular complexity index is 722. The fourth-order valence-corrected chi connectivity index (χ4v) is 3.77. The Hall–Kier alpha value is -2.61. The molecule has 4 amide bonds. The van der Waals surface area contributed by atoms with Crippen LogP contribution >= 0.6 is 0 Å². The highest BCUT2D eigenvalue weighted by Gasteiger charge is 2.48. The van der Waals surface area contributed by atoms with E-state index in [4.69, 9.17) is 4.84 Å². The average Bonchev–Trinajstić information content (AvgIpc) is 2.88. The molecule has 8 heteroatoms. The third kappa shape index (κ3) is 3.62. The van der Waals surface area contributed by atoms with Gasteiger partial charge < -0.3 is 4.90 Å². The molecule has 1 aliphatic carbocycles. The van der Waals surface area contributed by atoms with Crippen molar-refractivity contribution in [3.05, 3.63) is 35.9 Å². The Kier molecular flexibility index (Phi) is 4.98. The zero-order chi connectivity index (χ0) is 18.8. The van der Waals surface area contributed by atoms with Crippen LogP contribution in [-0.4, -0.2) is 46.4 Å². The molecular weight excluding hydrogens is 348 g/mol. The number of carbonyl (C=O) groups excluding carboxylic acids is 3. The van der Waals surface area contributed by atoms with Crippen LogP contribution in [0.1, 0.15) is 37.7 Å². The predicted octanol–water partition coefficient (Wildman–Crippen LogP) is 1.33. The molecule has 0 spiro atoms. The lowest BCUT2D eigenvalue weighted by Crippen LogP contribution is -2.55. The van der Waals surface area contributed by atoms with E-state index < -0.39 is 6.04 Å². The van der Waals surface area contributed by atoms with Crippen LogP contribution in [0.5, 0.6) is 0 Å². The standard InChI is InChI=1S/C19H24N4O4/c24-17(14-7-4-8-14)20-21-18(25)16-10-9-15-11-22(16)19(26)23(15)27-12-13-5-2-1-3-6-13/h1-3,5-6,14-16H,4,7-12H2,(H,20,24)(H,21,25). The highest BCUT2D eigenvalue weighted by atomic mass is 16.7. The van der Waals surface area contributed by atoms with Gasteiger partial charge in [0.05, 0.1) is 6.04 Å². The molecule has 27 heavy (non-hydrogen) atoms. The zero-order valence-corrected chi connectivity index (χ0v) is 15.1. The summed E-state index contributed by atoms with van der Waals surface area (Å²) in [6.07, 6.45) is 4.02. The minimum atomic E-state index is -0.583. The molecule has 2 atom stereocenters. The Morgan fingerprint density at radius 1 is 1.04 bits per heavy atom. The van der Waals surface area contributed by atoms with Crippen molar-refractivity contribution in [3.63, 3.8) is 0 Å². The lowest BCUT2D eigenvalue weighted by atomic mass is 9.85. The van der Waals surface area contributed by atoms with Crippen LogP contribution in [0.4, 0.5) is 4.79 Å². The van der Waals surface area contributed by atoms with Crippen LogP contribution in [0.2, 0.25) is 0 Å². The van der Waals surface area contributed by atoms with E-state index in [1.54, 1.807) is 0 Å². The van der Waals surface area contributed by atoms with Gasteiger partial charge in [-0.3, -0.25) is 25.3 Å². The molecule has 2 unspecified atom stereocenters. The Labute approximate surface area is 157 Å². The van der Waals surface area contributed by atoms with Crippen molar-refractivity contribution < 1.29 is 19.2 Å². The van der Waals surface area contributed by atoms with Gasteiger partial charge in [-0.05, 0) is 31.2 Å². The SMILES string of the molecule is O=C(NNC(=O)C1CCC2CN1C(=O)N2OCc1ccccc1)C1CCC1. The quantitative estimate of drug-likeness (QED) is 0.763. The Morgan fingerprint density at radius 2 is 1.78 bits per heavy atom. The number of nitrogens with zero attached hydrogens (tertiary/aromatic N) is 2. The molecule has 1 aromatic rings. The normalized spacial score (nSPS) is 24.5. The van der Waals surface area contributed by atoms with Gasteiger partial charge in [0.25, 0.3) is 5.91 Å². The summed E-state index contributed by atoms with van der Waals surface area (Å²) < 4.78 is 0. The van der Waals surface area contributed by atoms with E-state index in [0.29, 0.717) is 26.0 Å². The van der Waals surface area contributed by atoms with E-state index in [9.17, 15) is 14.4 Å². The summed E-state index contributed by atoms with van der Waals surface area (Å²) >= 11 is 0. The lowest BCUT2D eigenvalue weighted by molar-refractivity contribution is -0.140. The van der Waals surface area contributed by atoms with Crippen LogP contribution in [0.15, 0.2) is 30.3 Å². The largest absolute Gasteiger partial charge is 0.345 e. The molecule has 1 saturated carbocycles. The highest BCUT2D eigenvalue weighted by Crippen LogP contribution is 2.30. The van der Waals surface area contributed by atoms with Crippen LogP contribution in [0.25, 0.3) is 0 Å². The van der Waals surface area contributed by atoms with Crippen molar-refractivity contribution in [1.82, 2.24) is 20.8 Å². The van der Waals surface area contributed by atoms with Gasteiger partial charge in [-0.1, -0.05) is 36.8 Å². The zero-order valence-electron chi connectivity index (χ0n) is 15.1. The smallest absolute Gasteiger partial charge is 0.309 e. The number of piperidine rings is 1. The number of carbonyl (C=O) groups is 3. The fourth-order valence-electron chi connectivity index (χ4n) is 3.77. The van der Waals surface area contributed by atoms with Crippen molar-refractivity contribution >= 4 is 17.8 Å². The minimum Gasteiger partial charge on any atom is -0.309 e. The van der Waals surface area contributed by atoms with Crippen molar-refractivity contribution in [2.45, 2.75) is 50.8 Å². The summed E-state index contributed by atoms with van der Waals surface area (Å²) in [6.45, 7) is 0.771. The molecule has 4 rings (SSSR count). The number of hydrazine groups is 1. The van der Waals surface area contributed by atoms with Gasteiger partial charge in [0.15, 0.2) is 0 Å². The van der Waals surface area contributed by atoms with Gasteiger partial charge in [-0.25, -0.2) is 4.79 Å². The molecule has 2 aliphatic heterocycles. The first kappa shape index (κ1) is 17.8. The predicted molar refractivity (Wildman–Crippen MR) is 95.6 cm³/mol. The molecule has 2 N–H and O–H groups in total. The Balaban J connectivity index is 1.31. The summed E-state index contributed by atoms with van der Waals surface area (Å²) in [5.41, 5.74) is 5.96. The lowest BCUT2D eigenvalue weighted by Gasteiger charge is -2.30. The van der Waals surface area contributed by atoms with Crippen LogP contribution in [-0.2, 0) is 21.0 Å². The number of fused-ring (bicyclic) bond motifs is 2. The molecule has 0 aromatic heterocycles. The molecule has 1 aromatic carbocycles. The second kappa shape index (κ2) is 7.56. The van der Waals surface area contributed by atoms with Crippen LogP contribution in [0, 0.1) is 5.92 Å². The number of urea groups is 1. The monoisotopic (exact) mass is 372 g/mol. The number of hydrogen-bond donors (Lipinski definition) is 2. The number of hydroxylamine groups is 2. The molecule has 144 valence electrons. The first-order valence-corrected chi connectivity index (χ1v) is 9.50. The summed E-state index contributed by atoms with van der Waals surface area (Å²) in [6, 6.07) is 8.72. The first-order valence-electron chi connectivity index (χ1n) is 9.50. The molecule has 0 radical (unpaired) electrons. The van der Waals surface area contributed by atoms with Gasteiger partial charge >= 0.3 is 6.03 Å². The summed E-state index contributed by atoms with van der Waals surface area (Å²) in [4.78, 5) is 44.3. The number of rotatable bonds is 5. The summed E-state index contributed by atoms with van der Waals surface area (Å²) in [7, 11) is 0. The van der Waals surface area contributed by atoms with Crippen molar-refractivity contribution in [2.24, 2.45) is 5.92 Å². The van der Waals surface area contributed by atoms with Gasteiger partial charge in [0, 0.05) is 12.5 Å². The topological polar surface area (TPSA) is 91.0 Å². The van der Waals surface area contributed by atoms with E-state index >= 15 is 0 Å².